The summed E-state index contributed by atoms with van der Waals surface area (Å²) in [6.45, 7) is 0. The lowest BCUT2D eigenvalue weighted by Gasteiger charge is -2.05. The van der Waals surface area contributed by atoms with Crippen molar-refractivity contribution >= 4 is 41.0 Å². The number of hydrogen-bond acceptors (Lipinski definition) is 10. The second-order valence-electron chi connectivity index (χ2n) is 8.44. The molecule has 0 radical (unpaired) electrons. The van der Waals surface area contributed by atoms with Gasteiger partial charge in [0.25, 0.3) is 0 Å². The molecule has 2 heterocycles. The van der Waals surface area contributed by atoms with Crippen LogP contribution in [0.2, 0.25) is 0 Å². The zero-order chi connectivity index (χ0) is 27.7. The molecule has 10 heteroatoms. The van der Waals surface area contributed by atoms with Crippen molar-refractivity contribution < 1.29 is 38.2 Å². The maximum atomic E-state index is 12.5. The monoisotopic (exact) mass is 522 g/mol. The number of ether oxygens (including phenoxy) is 3. The normalized spacial score (nSPS) is 13.0. The summed E-state index contributed by atoms with van der Waals surface area (Å²) in [6.07, 6.45) is 0. The van der Waals surface area contributed by atoms with Crippen molar-refractivity contribution in [3.05, 3.63) is 118 Å². The zero-order valence-corrected chi connectivity index (χ0v) is 20.0. The minimum Gasteiger partial charge on any atom is -0.457 e. The van der Waals surface area contributed by atoms with E-state index in [2.05, 4.69) is 9.47 Å². The highest BCUT2D eigenvalue weighted by atomic mass is 16.6. The SMILES string of the molecule is Nc1ccc(Oc2ccc(N)cc2)cc1.O=C(c1ccc2c(c1)C(=O)OC2=O)c1ccc2c(c1)C(=O)OC2=O. The van der Waals surface area contributed by atoms with Crippen LogP contribution in [0.5, 0.6) is 11.5 Å². The van der Waals surface area contributed by atoms with E-state index in [-0.39, 0.29) is 33.4 Å². The Kier molecular flexibility index (Phi) is 6.35. The third-order valence-electron chi connectivity index (χ3n) is 5.81. The first-order valence-electron chi connectivity index (χ1n) is 11.4. The standard InChI is InChI=1S/C17H6O7.C12H12N2O/c18-13(7-1-3-9-11(5-7)16(21)23-14(9)19)8-2-4-10-12(6-8)17(22)24-15(10)20;13-9-1-5-11(6-2-9)15-12-7-3-10(14)4-8-12/h1-6H;1-8H,13-14H2. The van der Waals surface area contributed by atoms with Gasteiger partial charge in [-0.05, 0) is 72.8 Å². The topological polar surface area (TPSA) is 165 Å². The summed E-state index contributed by atoms with van der Waals surface area (Å²) >= 11 is 0. The van der Waals surface area contributed by atoms with Crippen molar-refractivity contribution in [1.82, 2.24) is 0 Å². The van der Waals surface area contributed by atoms with Crippen molar-refractivity contribution in [2.45, 2.75) is 0 Å². The minimum atomic E-state index is -0.812. The smallest absolute Gasteiger partial charge is 0.346 e. The molecule has 4 aromatic carbocycles. The summed E-state index contributed by atoms with van der Waals surface area (Å²) < 4.78 is 14.5. The van der Waals surface area contributed by atoms with Gasteiger partial charge in [-0.25, -0.2) is 19.2 Å². The summed E-state index contributed by atoms with van der Waals surface area (Å²) in [4.78, 5) is 58.5. The Morgan fingerprint density at radius 3 is 1.26 bits per heavy atom. The summed E-state index contributed by atoms with van der Waals surface area (Å²) in [5.41, 5.74) is 13.1. The average Bonchev–Trinajstić information content (AvgIpc) is 3.39. The molecule has 2 aliphatic rings. The third kappa shape index (κ3) is 5.07. The molecule has 10 nitrogen and oxygen atoms in total. The van der Waals surface area contributed by atoms with E-state index >= 15 is 0 Å². The van der Waals surface area contributed by atoms with Crippen molar-refractivity contribution in [3.63, 3.8) is 0 Å². The van der Waals surface area contributed by atoms with E-state index in [0.717, 1.165) is 22.9 Å². The molecule has 192 valence electrons. The van der Waals surface area contributed by atoms with Gasteiger partial charge in [0.15, 0.2) is 5.78 Å². The molecule has 0 unspecified atom stereocenters. The molecule has 0 atom stereocenters. The average molecular weight is 522 g/mol. The summed E-state index contributed by atoms with van der Waals surface area (Å²) in [5.74, 6) is -2.09. The number of esters is 4. The van der Waals surface area contributed by atoms with Gasteiger partial charge in [0.2, 0.25) is 0 Å². The van der Waals surface area contributed by atoms with E-state index in [1.807, 2.05) is 24.3 Å². The molecular formula is C29H18N2O8. The van der Waals surface area contributed by atoms with Crippen LogP contribution in [0.15, 0.2) is 84.9 Å². The number of rotatable bonds is 4. The van der Waals surface area contributed by atoms with E-state index in [4.69, 9.17) is 16.2 Å². The first-order valence-corrected chi connectivity index (χ1v) is 11.4. The minimum absolute atomic E-state index is 0.0154. The third-order valence-corrected chi connectivity index (χ3v) is 5.81. The predicted octanol–water partition coefficient (Wildman–Crippen LogP) is 4.18. The maximum Gasteiger partial charge on any atom is 0.346 e. The molecule has 0 spiro atoms. The fourth-order valence-corrected chi connectivity index (χ4v) is 3.83. The predicted molar refractivity (Wildman–Crippen MR) is 138 cm³/mol. The van der Waals surface area contributed by atoms with Gasteiger partial charge in [-0.3, -0.25) is 4.79 Å². The maximum absolute atomic E-state index is 12.5. The lowest BCUT2D eigenvalue weighted by molar-refractivity contribution is 0.0425. The highest BCUT2D eigenvalue weighted by Gasteiger charge is 2.32. The highest BCUT2D eigenvalue weighted by Crippen LogP contribution is 2.26. The molecule has 0 saturated carbocycles. The number of nitrogens with two attached hydrogens (primary N) is 2. The number of fused-ring (bicyclic) bond motifs is 2. The Morgan fingerprint density at radius 2 is 0.872 bits per heavy atom. The summed E-state index contributed by atoms with van der Waals surface area (Å²) in [6, 6.07) is 22.5. The molecule has 0 aliphatic carbocycles. The molecule has 0 saturated heterocycles. The van der Waals surface area contributed by atoms with Crippen molar-refractivity contribution in [2.24, 2.45) is 0 Å². The molecular weight excluding hydrogens is 504 g/mol. The van der Waals surface area contributed by atoms with Crippen LogP contribution in [0.3, 0.4) is 0 Å². The van der Waals surface area contributed by atoms with Crippen molar-refractivity contribution in [1.29, 1.82) is 0 Å². The lowest BCUT2D eigenvalue weighted by atomic mass is 9.96. The number of benzene rings is 4. The molecule has 0 aromatic heterocycles. The molecule has 0 fully saturated rings. The lowest BCUT2D eigenvalue weighted by Crippen LogP contribution is -2.05. The summed E-state index contributed by atoms with van der Waals surface area (Å²) in [5, 5.41) is 0. The Labute approximate surface area is 220 Å². The fraction of sp³-hybridized carbons (Fsp3) is 0. The van der Waals surface area contributed by atoms with Crippen LogP contribution >= 0.6 is 0 Å². The van der Waals surface area contributed by atoms with Gasteiger partial charge in [-0.15, -0.1) is 0 Å². The van der Waals surface area contributed by atoms with Gasteiger partial charge in [-0.2, -0.15) is 0 Å². The van der Waals surface area contributed by atoms with Crippen LogP contribution < -0.4 is 16.2 Å². The van der Waals surface area contributed by atoms with E-state index in [1.54, 1.807) is 24.3 Å². The Balaban J connectivity index is 0.000000177. The van der Waals surface area contributed by atoms with E-state index in [1.165, 1.54) is 36.4 Å². The van der Waals surface area contributed by atoms with Gasteiger partial charge < -0.3 is 25.7 Å². The van der Waals surface area contributed by atoms with Crippen LogP contribution in [0, 0.1) is 0 Å². The van der Waals surface area contributed by atoms with E-state index in [9.17, 15) is 24.0 Å². The Morgan fingerprint density at radius 1 is 0.513 bits per heavy atom. The van der Waals surface area contributed by atoms with Crippen LogP contribution in [-0.2, 0) is 9.47 Å². The Hall–Kier alpha value is -5.77. The number of carbonyl (C=O) groups is 5. The van der Waals surface area contributed by atoms with Crippen LogP contribution in [0.4, 0.5) is 11.4 Å². The van der Waals surface area contributed by atoms with Crippen LogP contribution in [0.1, 0.15) is 57.4 Å². The van der Waals surface area contributed by atoms with Gasteiger partial charge in [0.1, 0.15) is 11.5 Å². The Bertz CT molecular complexity index is 1550. The largest absolute Gasteiger partial charge is 0.457 e. The highest BCUT2D eigenvalue weighted by molar-refractivity contribution is 6.19. The number of nitrogen functional groups attached to an aromatic ring is 2. The summed E-state index contributed by atoms with van der Waals surface area (Å²) in [7, 11) is 0. The van der Waals surface area contributed by atoms with Gasteiger partial charge >= 0.3 is 23.9 Å². The molecule has 0 amide bonds. The van der Waals surface area contributed by atoms with Crippen molar-refractivity contribution in [3.8, 4) is 11.5 Å². The van der Waals surface area contributed by atoms with Crippen LogP contribution in [-0.4, -0.2) is 29.7 Å². The zero-order valence-electron chi connectivity index (χ0n) is 20.0. The molecule has 2 aliphatic heterocycles. The van der Waals surface area contributed by atoms with E-state index < -0.39 is 29.7 Å². The van der Waals surface area contributed by atoms with Gasteiger partial charge in [0.05, 0.1) is 22.3 Å². The molecule has 39 heavy (non-hydrogen) atoms. The number of anilines is 2. The van der Waals surface area contributed by atoms with Crippen LogP contribution in [0.25, 0.3) is 0 Å². The quantitative estimate of drug-likeness (QED) is 0.172. The molecule has 0 bridgehead atoms. The fourth-order valence-electron chi connectivity index (χ4n) is 3.83. The van der Waals surface area contributed by atoms with Crippen molar-refractivity contribution in [2.75, 3.05) is 11.5 Å². The number of ketones is 1. The van der Waals surface area contributed by atoms with E-state index in [0.29, 0.717) is 0 Å². The molecule has 4 aromatic rings. The molecule has 4 N–H and O–H groups in total. The second kappa shape index (κ2) is 9.94. The first kappa shape index (κ1) is 24.9. The number of cyclic esters (lactones) is 4. The first-order chi connectivity index (χ1) is 18.7. The number of carbonyl (C=O) groups excluding carboxylic acids is 5. The second-order valence-corrected chi connectivity index (χ2v) is 8.44. The number of hydrogen-bond donors (Lipinski definition) is 2. The van der Waals surface area contributed by atoms with Gasteiger partial charge in [0, 0.05) is 22.5 Å². The van der Waals surface area contributed by atoms with Gasteiger partial charge in [-0.1, -0.05) is 12.1 Å². The molecule has 6 rings (SSSR count).